The maximum Gasteiger partial charge on any atom is 0.311 e. The van der Waals surface area contributed by atoms with E-state index in [0.717, 1.165) is 5.56 Å². The summed E-state index contributed by atoms with van der Waals surface area (Å²) in [4.78, 5) is 24.4. The predicted molar refractivity (Wildman–Crippen MR) is 108 cm³/mol. The number of aryl methyl sites for hydroxylation is 1. The number of hydrogen-bond donors (Lipinski definition) is 1. The monoisotopic (exact) mass is 421 g/mol. The SMILES string of the molecule is Cc1cc(Cl)ccc1NC(=O)c1ccc(OC(=O)C[C@@H]2CCS(=O)(=O)C2)cc1. The summed E-state index contributed by atoms with van der Waals surface area (Å²) in [5, 5.41) is 3.40. The number of anilines is 1. The molecular formula is C20H20ClNO5S. The molecule has 0 radical (unpaired) electrons. The Kier molecular flexibility index (Phi) is 6.05. The van der Waals surface area contributed by atoms with Gasteiger partial charge in [0.25, 0.3) is 5.91 Å². The Hall–Kier alpha value is -2.38. The summed E-state index contributed by atoms with van der Waals surface area (Å²) in [6.07, 6.45) is 0.554. The minimum atomic E-state index is -3.02. The van der Waals surface area contributed by atoms with Crippen LogP contribution in [0.1, 0.15) is 28.8 Å². The molecule has 1 atom stereocenters. The van der Waals surface area contributed by atoms with E-state index in [4.69, 9.17) is 16.3 Å². The van der Waals surface area contributed by atoms with Crippen molar-refractivity contribution >= 4 is 39.0 Å². The standard InChI is InChI=1S/C20H20ClNO5S/c1-13-10-16(21)4-7-18(13)22-20(24)15-2-5-17(6-3-15)27-19(23)11-14-8-9-28(25,26)12-14/h2-7,10,14H,8-9,11-12H2,1H3,(H,22,24)/t14-/m0/s1. The summed E-state index contributed by atoms with van der Waals surface area (Å²) in [5.74, 6) is -0.488. The molecule has 148 valence electrons. The lowest BCUT2D eigenvalue weighted by Crippen LogP contribution is -2.15. The van der Waals surface area contributed by atoms with Crippen molar-refractivity contribution < 1.29 is 22.7 Å². The van der Waals surface area contributed by atoms with Crippen LogP contribution in [-0.2, 0) is 14.6 Å². The highest BCUT2D eigenvalue weighted by Gasteiger charge is 2.30. The first kappa shape index (κ1) is 20.4. The van der Waals surface area contributed by atoms with Gasteiger partial charge in [0.2, 0.25) is 0 Å². The number of carbonyl (C=O) groups excluding carboxylic acids is 2. The van der Waals surface area contributed by atoms with E-state index in [9.17, 15) is 18.0 Å². The van der Waals surface area contributed by atoms with E-state index in [0.29, 0.717) is 28.4 Å². The largest absolute Gasteiger partial charge is 0.427 e. The minimum absolute atomic E-state index is 0.0331. The molecule has 1 heterocycles. The van der Waals surface area contributed by atoms with Crippen LogP contribution in [-0.4, -0.2) is 31.8 Å². The summed E-state index contributed by atoms with van der Waals surface area (Å²) in [5.41, 5.74) is 1.92. The molecule has 0 aliphatic carbocycles. The van der Waals surface area contributed by atoms with Gasteiger partial charge in [0.1, 0.15) is 5.75 Å². The fourth-order valence-electron chi connectivity index (χ4n) is 3.08. The highest BCUT2D eigenvalue weighted by atomic mass is 35.5. The number of amides is 1. The molecule has 1 amide bonds. The van der Waals surface area contributed by atoms with Crippen LogP contribution in [0.2, 0.25) is 5.02 Å². The van der Waals surface area contributed by atoms with Crippen LogP contribution in [0, 0.1) is 12.8 Å². The van der Waals surface area contributed by atoms with Gasteiger partial charge in [-0.3, -0.25) is 9.59 Å². The van der Waals surface area contributed by atoms with Crippen LogP contribution in [0.5, 0.6) is 5.75 Å². The Morgan fingerprint density at radius 2 is 1.89 bits per heavy atom. The Labute approximate surface area is 168 Å². The van der Waals surface area contributed by atoms with Crippen molar-refractivity contribution in [3.8, 4) is 5.75 Å². The molecule has 6 nitrogen and oxygen atoms in total. The van der Waals surface area contributed by atoms with Crippen LogP contribution in [0.3, 0.4) is 0 Å². The van der Waals surface area contributed by atoms with Gasteiger partial charge in [-0.15, -0.1) is 0 Å². The van der Waals surface area contributed by atoms with Crippen molar-refractivity contribution in [2.24, 2.45) is 5.92 Å². The molecular weight excluding hydrogens is 402 g/mol. The number of esters is 1. The summed E-state index contributed by atoms with van der Waals surface area (Å²) in [6.45, 7) is 1.85. The molecule has 1 saturated heterocycles. The lowest BCUT2D eigenvalue weighted by Gasteiger charge is -2.10. The predicted octanol–water partition coefficient (Wildman–Crippen LogP) is 3.63. The zero-order valence-corrected chi connectivity index (χ0v) is 16.8. The number of carbonyl (C=O) groups is 2. The van der Waals surface area contributed by atoms with E-state index in [1.807, 2.05) is 6.92 Å². The fraction of sp³-hybridized carbons (Fsp3) is 0.300. The highest BCUT2D eigenvalue weighted by molar-refractivity contribution is 7.91. The second kappa shape index (κ2) is 8.32. The van der Waals surface area contributed by atoms with Gasteiger partial charge in [0, 0.05) is 22.7 Å². The second-order valence-electron chi connectivity index (χ2n) is 6.89. The number of halogens is 1. The first-order chi connectivity index (χ1) is 13.2. The molecule has 3 rings (SSSR count). The maximum absolute atomic E-state index is 12.4. The van der Waals surface area contributed by atoms with Gasteiger partial charge in [0.05, 0.1) is 11.5 Å². The summed E-state index contributed by atoms with van der Waals surface area (Å²) >= 11 is 5.91. The van der Waals surface area contributed by atoms with Crippen LogP contribution in [0.4, 0.5) is 5.69 Å². The molecule has 8 heteroatoms. The topological polar surface area (TPSA) is 89.5 Å². The van der Waals surface area contributed by atoms with E-state index in [1.54, 1.807) is 30.3 Å². The highest BCUT2D eigenvalue weighted by Crippen LogP contribution is 2.23. The number of sulfone groups is 1. The fourth-order valence-corrected chi connectivity index (χ4v) is 5.17. The third kappa shape index (κ3) is 5.33. The molecule has 0 unspecified atom stereocenters. The van der Waals surface area contributed by atoms with Crippen molar-refractivity contribution in [2.45, 2.75) is 19.8 Å². The average molecular weight is 422 g/mol. The van der Waals surface area contributed by atoms with E-state index in [1.165, 1.54) is 12.1 Å². The van der Waals surface area contributed by atoms with E-state index in [-0.39, 0.29) is 29.8 Å². The van der Waals surface area contributed by atoms with E-state index < -0.39 is 15.8 Å². The molecule has 0 saturated carbocycles. The third-order valence-electron chi connectivity index (χ3n) is 4.57. The molecule has 2 aromatic carbocycles. The first-order valence-electron chi connectivity index (χ1n) is 8.80. The molecule has 0 aromatic heterocycles. The van der Waals surface area contributed by atoms with Crippen LogP contribution in [0.15, 0.2) is 42.5 Å². The molecule has 1 N–H and O–H groups in total. The number of ether oxygens (including phenoxy) is 1. The van der Waals surface area contributed by atoms with Gasteiger partial charge in [-0.2, -0.15) is 0 Å². The van der Waals surface area contributed by atoms with Crippen LogP contribution < -0.4 is 10.1 Å². The van der Waals surface area contributed by atoms with Gasteiger partial charge < -0.3 is 10.1 Å². The number of benzene rings is 2. The third-order valence-corrected chi connectivity index (χ3v) is 6.64. The van der Waals surface area contributed by atoms with Crippen molar-refractivity contribution in [1.82, 2.24) is 0 Å². The lowest BCUT2D eigenvalue weighted by molar-refractivity contribution is -0.135. The van der Waals surface area contributed by atoms with Crippen molar-refractivity contribution in [2.75, 3.05) is 16.8 Å². The molecule has 0 bridgehead atoms. The summed E-state index contributed by atoms with van der Waals surface area (Å²) in [7, 11) is -3.02. The summed E-state index contributed by atoms with van der Waals surface area (Å²) in [6, 6.07) is 11.4. The maximum atomic E-state index is 12.4. The Morgan fingerprint density at radius 1 is 1.18 bits per heavy atom. The van der Waals surface area contributed by atoms with E-state index in [2.05, 4.69) is 5.32 Å². The zero-order valence-electron chi connectivity index (χ0n) is 15.3. The minimum Gasteiger partial charge on any atom is -0.427 e. The Bertz CT molecular complexity index is 1000. The van der Waals surface area contributed by atoms with Gasteiger partial charge >= 0.3 is 5.97 Å². The lowest BCUT2D eigenvalue weighted by atomic mass is 10.1. The van der Waals surface area contributed by atoms with Crippen molar-refractivity contribution in [3.63, 3.8) is 0 Å². The molecule has 0 spiro atoms. The Balaban J connectivity index is 1.57. The second-order valence-corrected chi connectivity index (χ2v) is 9.55. The van der Waals surface area contributed by atoms with Crippen LogP contribution in [0.25, 0.3) is 0 Å². The number of nitrogens with one attached hydrogen (secondary N) is 1. The van der Waals surface area contributed by atoms with Crippen LogP contribution >= 0.6 is 11.6 Å². The molecule has 2 aromatic rings. The normalized spacial score (nSPS) is 17.9. The van der Waals surface area contributed by atoms with Crippen molar-refractivity contribution in [1.29, 1.82) is 0 Å². The van der Waals surface area contributed by atoms with Crippen molar-refractivity contribution in [3.05, 3.63) is 58.6 Å². The van der Waals surface area contributed by atoms with Gasteiger partial charge in [-0.1, -0.05) is 11.6 Å². The Morgan fingerprint density at radius 3 is 2.50 bits per heavy atom. The van der Waals surface area contributed by atoms with E-state index >= 15 is 0 Å². The average Bonchev–Trinajstić information content (AvgIpc) is 2.96. The van der Waals surface area contributed by atoms with Gasteiger partial charge in [-0.05, 0) is 67.3 Å². The zero-order chi connectivity index (χ0) is 20.3. The first-order valence-corrected chi connectivity index (χ1v) is 11.0. The number of rotatable bonds is 5. The molecule has 28 heavy (non-hydrogen) atoms. The quantitative estimate of drug-likeness (QED) is 0.588. The van der Waals surface area contributed by atoms with Gasteiger partial charge in [0.15, 0.2) is 9.84 Å². The number of hydrogen-bond acceptors (Lipinski definition) is 5. The smallest absolute Gasteiger partial charge is 0.311 e. The molecule has 1 fully saturated rings. The summed E-state index contributed by atoms with van der Waals surface area (Å²) < 4.78 is 28.2. The molecule has 1 aliphatic rings. The molecule has 1 aliphatic heterocycles. The van der Waals surface area contributed by atoms with Gasteiger partial charge in [-0.25, -0.2) is 8.42 Å².